The first-order chi connectivity index (χ1) is 15.1. The molecular formula is C26H28N2O3. The summed E-state index contributed by atoms with van der Waals surface area (Å²) >= 11 is 0. The van der Waals surface area contributed by atoms with E-state index < -0.39 is 0 Å². The third-order valence-corrected chi connectivity index (χ3v) is 5.05. The first-order valence-electron chi connectivity index (χ1n) is 10.4. The Balaban J connectivity index is 1.73. The monoisotopic (exact) mass is 416 g/mol. The molecule has 3 rings (SSSR count). The quantitative estimate of drug-likeness (QED) is 0.458. The third kappa shape index (κ3) is 6.44. The molecule has 2 amide bonds. The van der Waals surface area contributed by atoms with Crippen LogP contribution in [0.1, 0.15) is 27.2 Å². The van der Waals surface area contributed by atoms with Gasteiger partial charge in [0.1, 0.15) is 12.3 Å². The maximum absolute atomic E-state index is 13.2. The Hall–Kier alpha value is -3.60. The Labute approximate surface area is 183 Å². The zero-order chi connectivity index (χ0) is 22.1. The van der Waals surface area contributed by atoms with Crippen LogP contribution in [0.15, 0.2) is 90.1 Å². The molecule has 0 saturated heterocycles. The number of furan rings is 1. The Bertz CT molecular complexity index is 979. The second-order valence-electron chi connectivity index (χ2n) is 7.47. The van der Waals surface area contributed by atoms with Crippen LogP contribution >= 0.6 is 0 Å². The molecule has 0 aliphatic carbocycles. The van der Waals surface area contributed by atoms with E-state index in [1.54, 1.807) is 35.4 Å². The number of hydrogen-bond donors (Lipinski definition) is 0. The normalized spacial score (nSPS) is 10.5. The van der Waals surface area contributed by atoms with E-state index in [-0.39, 0.29) is 18.4 Å². The van der Waals surface area contributed by atoms with E-state index in [0.29, 0.717) is 31.0 Å². The highest BCUT2D eigenvalue weighted by Crippen LogP contribution is 2.11. The lowest BCUT2D eigenvalue weighted by Crippen LogP contribution is -2.43. The molecule has 1 heterocycles. The van der Waals surface area contributed by atoms with E-state index in [9.17, 15) is 9.59 Å². The summed E-state index contributed by atoms with van der Waals surface area (Å²) in [6.45, 7) is 6.89. The summed E-state index contributed by atoms with van der Waals surface area (Å²) in [6, 6.07) is 21.0. The van der Waals surface area contributed by atoms with Gasteiger partial charge in [0.25, 0.3) is 5.91 Å². The third-order valence-electron chi connectivity index (χ3n) is 5.05. The van der Waals surface area contributed by atoms with Crippen molar-refractivity contribution in [3.8, 4) is 0 Å². The van der Waals surface area contributed by atoms with Crippen molar-refractivity contribution < 1.29 is 14.0 Å². The molecule has 0 spiro atoms. The lowest BCUT2D eigenvalue weighted by molar-refractivity contribution is -0.132. The minimum absolute atomic E-state index is 0.0196. The summed E-state index contributed by atoms with van der Waals surface area (Å²) in [4.78, 5) is 29.5. The van der Waals surface area contributed by atoms with Gasteiger partial charge in [0.05, 0.1) is 12.8 Å². The minimum atomic E-state index is -0.186. The van der Waals surface area contributed by atoms with E-state index in [2.05, 4.69) is 6.58 Å². The average molecular weight is 417 g/mol. The van der Waals surface area contributed by atoms with E-state index in [1.807, 2.05) is 55.5 Å². The number of aryl methyl sites for hydroxylation is 1. The molecule has 0 aliphatic rings. The van der Waals surface area contributed by atoms with Gasteiger partial charge in [-0.15, -0.1) is 6.58 Å². The molecule has 2 aromatic carbocycles. The van der Waals surface area contributed by atoms with Crippen LogP contribution in [0.25, 0.3) is 0 Å². The van der Waals surface area contributed by atoms with Gasteiger partial charge in [0.15, 0.2) is 0 Å². The molecule has 0 bridgehead atoms. The highest BCUT2D eigenvalue weighted by molar-refractivity contribution is 5.96. The smallest absolute Gasteiger partial charge is 0.254 e. The van der Waals surface area contributed by atoms with Crippen LogP contribution in [0.4, 0.5) is 0 Å². The number of carbonyl (C=O) groups excluding carboxylic acids is 2. The zero-order valence-corrected chi connectivity index (χ0v) is 17.9. The SMILES string of the molecule is C=CCN(CC(=O)N(CCc1ccccc1)Cc1ccco1)C(=O)c1ccc(C)cc1. The van der Waals surface area contributed by atoms with Crippen molar-refractivity contribution in [1.82, 2.24) is 9.80 Å². The molecule has 160 valence electrons. The number of nitrogens with zero attached hydrogens (tertiary/aromatic N) is 2. The predicted octanol–water partition coefficient (Wildman–Crippen LogP) is 4.49. The Morgan fingerprint density at radius 2 is 1.71 bits per heavy atom. The lowest BCUT2D eigenvalue weighted by atomic mass is 10.1. The minimum Gasteiger partial charge on any atom is -0.467 e. The van der Waals surface area contributed by atoms with E-state index >= 15 is 0 Å². The standard InChI is InChI=1S/C26H28N2O3/c1-3-16-28(26(30)23-13-11-21(2)12-14-23)20-25(29)27(19-24-10-7-18-31-24)17-15-22-8-5-4-6-9-22/h3-14,18H,1,15-17,19-20H2,2H3. The van der Waals surface area contributed by atoms with Gasteiger partial charge in [-0.2, -0.15) is 0 Å². The molecule has 5 heteroatoms. The maximum Gasteiger partial charge on any atom is 0.254 e. The Morgan fingerprint density at radius 3 is 2.35 bits per heavy atom. The van der Waals surface area contributed by atoms with Crippen LogP contribution < -0.4 is 0 Å². The van der Waals surface area contributed by atoms with Crippen molar-refractivity contribution >= 4 is 11.8 Å². The van der Waals surface area contributed by atoms with Crippen LogP contribution in [0, 0.1) is 6.92 Å². The molecule has 0 aliphatic heterocycles. The van der Waals surface area contributed by atoms with Crippen molar-refractivity contribution in [2.75, 3.05) is 19.6 Å². The van der Waals surface area contributed by atoms with E-state index in [1.165, 1.54) is 4.90 Å². The number of rotatable bonds is 10. The summed E-state index contributed by atoms with van der Waals surface area (Å²) < 4.78 is 5.46. The van der Waals surface area contributed by atoms with Crippen LogP contribution in [0.5, 0.6) is 0 Å². The molecular weight excluding hydrogens is 388 g/mol. The first kappa shape index (κ1) is 22.1. The van der Waals surface area contributed by atoms with Gasteiger partial charge < -0.3 is 14.2 Å². The molecule has 0 radical (unpaired) electrons. The van der Waals surface area contributed by atoms with E-state index in [0.717, 1.165) is 17.5 Å². The van der Waals surface area contributed by atoms with Crippen LogP contribution in [-0.4, -0.2) is 41.2 Å². The zero-order valence-electron chi connectivity index (χ0n) is 17.9. The molecule has 0 N–H and O–H groups in total. The van der Waals surface area contributed by atoms with Crippen LogP contribution in [0.2, 0.25) is 0 Å². The van der Waals surface area contributed by atoms with Crippen LogP contribution in [0.3, 0.4) is 0 Å². The largest absolute Gasteiger partial charge is 0.467 e. The molecule has 31 heavy (non-hydrogen) atoms. The second kappa shape index (κ2) is 11.0. The van der Waals surface area contributed by atoms with Gasteiger partial charge in [-0.3, -0.25) is 9.59 Å². The summed E-state index contributed by atoms with van der Waals surface area (Å²) in [5, 5.41) is 0. The number of amides is 2. The fourth-order valence-corrected chi connectivity index (χ4v) is 3.31. The van der Waals surface area contributed by atoms with Gasteiger partial charge in [-0.1, -0.05) is 54.1 Å². The van der Waals surface area contributed by atoms with Gasteiger partial charge >= 0.3 is 0 Å². The Morgan fingerprint density at radius 1 is 0.968 bits per heavy atom. The number of benzene rings is 2. The van der Waals surface area contributed by atoms with Crippen molar-refractivity contribution in [2.24, 2.45) is 0 Å². The fourth-order valence-electron chi connectivity index (χ4n) is 3.31. The average Bonchev–Trinajstić information content (AvgIpc) is 3.30. The van der Waals surface area contributed by atoms with Crippen molar-refractivity contribution in [1.29, 1.82) is 0 Å². The maximum atomic E-state index is 13.2. The molecule has 0 saturated carbocycles. The number of carbonyl (C=O) groups is 2. The van der Waals surface area contributed by atoms with Gasteiger partial charge in [0.2, 0.25) is 5.91 Å². The fraction of sp³-hybridized carbons (Fsp3) is 0.231. The summed E-state index contributed by atoms with van der Waals surface area (Å²) in [6.07, 6.45) is 3.96. The van der Waals surface area contributed by atoms with Gasteiger partial charge in [0, 0.05) is 18.7 Å². The van der Waals surface area contributed by atoms with Crippen LogP contribution in [-0.2, 0) is 17.8 Å². The predicted molar refractivity (Wildman–Crippen MR) is 122 cm³/mol. The first-order valence-corrected chi connectivity index (χ1v) is 10.4. The van der Waals surface area contributed by atoms with Gasteiger partial charge in [-0.05, 0) is 43.2 Å². The van der Waals surface area contributed by atoms with Gasteiger partial charge in [-0.25, -0.2) is 0 Å². The highest BCUT2D eigenvalue weighted by atomic mass is 16.3. The lowest BCUT2D eigenvalue weighted by Gasteiger charge is -2.27. The molecule has 0 fully saturated rings. The molecule has 0 atom stereocenters. The van der Waals surface area contributed by atoms with E-state index in [4.69, 9.17) is 4.42 Å². The molecule has 1 aromatic heterocycles. The summed E-state index contributed by atoms with van der Waals surface area (Å²) in [7, 11) is 0. The molecule has 0 unspecified atom stereocenters. The summed E-state index contributed by atoms with van der Waals surface area (Å²) in [5.41, 5.74) is 2.79. The second-order valence-corrected chi connectivity index (χ2v) is 7.47. The summed E-state index contributed by atoms with van der Waals surface area (Å²) in [5.74, 6) is 0.394. The Kier molecular flexibility index (Phi) is 7.82. The highest BCUT2D eigenvalue weighted by Gasteiger charge is 2.22. The van der Waals surface area contributed by atoms with Crippen molar-refractivity contribution in [2.45, 2.75) is 19.9 Å². The van der Waals surface area contributed by atoms with Crippen molar-refractivity contribution in [3.05, 3.63) is 108 Å². The number of hydrogen-bond acceptors (Lipinski definition) is 3. The molecule has 3 aromatic rings. The molecule has 5 nitrogen and oxygen atoms in total. The van der Waals surface area contributed by atoms with Crippen molar-refractivity contribution in [3.63, 3.8) is 0 Å². The topological polar surface area (TPSA) is 53.8 Å².